The van der Waals surface area contributed by atoms with Crippen LogP contribution in [0.1, 0.15) is 94.3 Å². The molecule has 30 heavy (non-hydrogen) atoms. The first-order valence-corrected chi connectivity index (χ1v) is 11.9. The molecule has 1 nitrogen and oxygen atoms in total. The molecule has 0 atom stereocenters. The number of nitrogens with zero attached hydrogens (tertiary/aromatic N) is 1. The van der Waals surface area contributed by atoms with Crippen molar-refractivity contribution >= 4 is 15.9 Å². The first-order chi connectivity index (χ1) is 13.7. The van der Waals surface area contributed by atoms with Gasteiger partial charge in [0.1, 0.15) is 0 Å². The van der Waals surface area contributed by atoms with Gasteiger partial charge in [-0.2, -0.15) is 5.26 Å². The van der Waals surface area contributed by atoms with Crippen LogP contribution in [0.3, 0.4) is 0 Å². The summed E-state index contributed by atoms with van der Waals surface area (Å²) < 4.78 is 1.18. The molecule has 0 saturated heterocycles. The lowest BCUT2D eigenvalue weighted by atomic mass is 9.72. The predicted octanol–water partition coefficient (Wildman–Crippen LogP) is 8.40. The van der Waals surface area contributed by atoms with Crippen molar-refractivity contribution in [3.8, 4) is 6.07 Å². The maximum atomic E-state index is 9.86. The third kappa shape index (κ3) is 4.67. The molecule has 0 aliphatic heterocycles. The van der Waals surface area contributed by atoms with Gasteiger partial charge in [0.15, 0.2) is 0 Å². The third-order valence-electron chi connectivity index (χ3n) is 7.68. The fourth-order valence-electron chi connectivity index (χ4n) is 3.80. The Morgan fingerprint density at radius 3 is 1.70 bits per heavy atom. The summed E-state index contributed by atoms with van der Waals surface area (Å²) >= 11 is 3.85. The highest BCUT2D eigenvalue weighted by Gasteiger charge is 2.29. The Labute approximate surface area is 193 Å². The topological polar surface area (TPSA) is 23.8 Å². The predicted molar refractivity (Wildman–Crippen MR) is 133 cm³/mol. The van der Waals surface area contributed by atoms with E-state index in [1.165, 1.54) is 32.3 Å². The average molecular weight is 469 g/mol. The van der Waals surface area contributed by atoms with Crippen LogP contribution in [0.4, 0.5) is 0 Å². The standard InChI is InChI=1S/C28H38BrN/c1-17(2)27(7,8)24-11-19(5)21(14-23(24)16-30)13-22-15-26(29)25(12-20(22)6)28(9,10)18(3)4/h11-12,14-15,17-18H,13H2,1-10H3. The molecule has 2 aromatic rings. The number of rotatable bonds is 6. The summed E-state index contributed by atoms with van der Waals surface area (Å²) in [5, 5.41) is 9.86. The normalized spacial score (nSPS) is 12.5. The zero-order valence-corrected chi connectivity index (χ0v) is 22.1. The van der Waals surface area contributed by atoms with Crippen LogP contribution in [0.2, 0.25) is 0 Å². The van der Waals surface area contributed by atoms with Crippen molar-refractivity contribution in [2.24, 2.45) is 11.8 Å². The van der Waals surface area contributed by atoms with Gasteiger partial charge in [0.25, 0.3) is 0 Å². The minimum absolute atomic E-state index is 0.0304. The monoisotopic (exact) mass is 467 g/mol. The molecule has 2 rings (SSSR count). The molecule has 0 radical (unpaired) electrons. The van der Waals surface area contributed by atoms with E-state index in [0.717, 1.165) is 17.5 Å². The van der Waals surface area contributed by atoms with Gasteiger partial charge in [0, 0.05) is 4.47 Å². The van der Waals surface area contributed by atoms with Crippen LogP contribution in [-0.4, -0.2) is 0 Å². The average Bonchev–Trinajstić information content (AvgIpc) is 2.64. The zero-order chi connectivity index (χ0) is 23.0. The maximum Gasteiger partial charge on any atom is 0.0994 e. The van der Waals surface area contributed by atoms with Gasteiger partial charge in [-0.05, 0) is 88.4 Å². The van der Waals surface area contributed by atoms with E-state index in [1.54, 1.807) is 0 Å². The summed E-state index contributed by atoms with van der Waals surface area (Å²) in [7, 11) is 0. The fourth-order valence-corrected chi connectivity index (χ4v) is 4.70. The molecular formula is C28H38BrN. The van der Waals surface area contributed by atoms with Crippen LogP contribution in [0.25, 0.3) is 0 Å². The SMILES string of the molecule is Cc1cc(C(C)(C)C(C)C)c(Br)cc1Cc1cc(C#N)c(C(C)(C)C(C)C)cc1C. The van der Waals surface area contributed by atoms with Crippen LogP contribution in [-0.2, 0) is 17.3 Å². The van der Waals surface area contributed by atoms with Crippen molar-refractivity contribution in [1.29, 1.82) is 5.26 Å². The molecule has 0 amide bonds. The van der Waals surface area contributed by atoms with Crippen molar-refractivity contribution in [1.82, 2.24) is 0 Å². The van der Waals surface area contributed by atoms with Crippen LogP contribution < -0.4 is 0 Å². The van der Waals surface area contributed by atoms with E-state index >= 15 is 0 Å². The van der Waals surface area contributed by atoms with E-state index in [9.17, 15) is 5.26 Å². The lowest BCUT2D eigenvalue weighted by Crippen LogP contribution is -2.26. The molecule has 2 aromatic carbocycles. The summed E-state index contributed by atoms with van der Waals surface area (Å²) in [5.41, 5.74) is 8.53. The molecule has 162 valence electrons. The first-order valence-electron chi connectivity index (χ1n) is 11.1. The van der Waals surface area contributed by atoms with Gasteiger partial charge >= 0.3 is 0 Å². The molecular weight excluding hydrogens is 430 g/mol. The largest absolute Gasteiger partial charge is 0.192 e. The van der Waals surface area contributed by atoms with Crippen molar-refractivity contribution in [2.75, 3.05) is 0 Å². The minimum atomic E-state index is -0.0304. The van der Waals surface area contributed by atoms with Gasteiger partial charge < -0.3 is 0 Å². The lowest BCUT2D eigenvalue weighted by Gasteiger charge is -2.32. The van der Waals surface area contributed by atoms with E-state index < -0.39 is 0 Å². The van der Waals surface area contributed by atoms with E-state index in [2.05, 4.69) is 116 Å². The Bertz CT molecular complexity index is 971. The van der Waals surface area contributed by atoms with E-state index in [-0.39, 0.29) is 10.8 Å². The first kappa shape index (κ1) is 24.7. The van der Waals surface area contributed by atoms with Crippen LogP contribution >= 0.6 is 15.9 Å². The van der Waals surface area contributed by atoms with Crippen molar-refractivity contribution in [3.05, 3.63) is 67.7 Å². The summed E-state index contributed by atoms with van der Waals surface area (Å²) in [5.74, 6) is 1.02. The maximum absolute atomic E-state index is 9.86. The molecule has 0 unspecified atom stereocenters. The lowest BCUT2D eigenvalue weighted by molar-refractivity contribution is 0.370. The summed E-state index contributed by atoms with van der Waals surface area (Å²) in [6, 6.07) is 11.5. The number of hydrogen-bond acceptors (Lipinski definition) is 1. The van der Waals surface area contributed by atoms with E-state index in [1.807, 2.05) is 0 Å². The number of nitriles is 1. The molecule has 0 heterocycles. The second kappa shape index (κ2) is 8.88. The van der Waals surface area contributed by atoms with E-state index in [0.29, 0.717) is 11.8 Å². The van der Waals surface area contributed by atoms with Crippen LogP contribution in [0.15, 0.2) is 28.7 Å². The Kier molecular flexibility index (Phi) is 7.30. The zero-order valence-electron chi connectivity index (χ0n) is 20.5. The molecule has 0 aliphatic carbocycles. The molecule has 0 spiro atoms. The van der Waals surface area contributed by atoms with Gasteiger partial charge in [-0.1, -0.05) is 83.5 Å². The van der Waals surface area contributed by atoms with Gasteiger partial charge in [0.2, 0.25) is 0 Å². The van der Waals surface area contributed by atoms with Gasteiger partial charge in [0.05, 0.1) is 11.6 Å². The highest BCUT2D eigenvalue weighted by Crippen LogP contribution is 2.39. The highest BCUT2D eigenvalue weighted by atomic mass is 79.9. The van der Waals surface area contributed by atoms with E-state index in [4.69, 9.17) is 0 Å². The summed E-state index contributed by atoms with van der Waals surface area (Å²) in [4.78, 5) is 0. The molecule has 0 aromatic heterocycles. The highest BCUT2D eigenvalue weighted by molar-refractivity contribution is 9.10. The number of halogens is 1. The van der Waals surface area contributed by atoms with Gasteiger partial charge in [-0.3, -0.25) is 0 Å². The number of hydrogen-bond donors (Lipinski definition) is 0. The molecule has 0 N–H and O–H groups in total. The molecule has 0 bridgehead atoms. The molecule has 0 saturated carbocycles. The molecule has 2 heteroatoms. The minimum Gasteiger partial charge on any atom is -0.192 e. The van der Waals surface area contributed by atoms with Gasteiger partial charge in [-0.25, -0.2) is 0 Å². The Hall–Kier alpha value is -1.59. The molecule has 0 aliphatic rings. The third-order valence-corrected chi connectivity index (χ3v) is 8.33. The van der Waals surface area contributed by atoms with Crippen LogP contribution in [0, 0.1) is 37.0 Å². The fraction of sp³-hybridized carbons (Fsp3) is 0.536. The Balaban J connectivity index is 2.52. The van der Waals surface area contributed by atoms with Crippen LogP contribution in [0.5, 0.6) is 0 Å². The smallest absolute Gasteiger partial charge is 0.0994 e. The Morgan fingerprint density at radius 1 is 0.800 bits per heavy atom. The number of benzene rings is 2. The quantitative estimate of drug-likeness (QED) is 0.418. The van der Waals surface area contributed by atoms with Crippen molar-refractivity contribution < 1.29 is 0 Å². The molecule has 0 fully saturated rings. The number of aryl methyl sites for hydroxylation is 2. The summed E-state index contributed by atoms with van der Waals surface area (Å²) in [6.07, 6.45) is 0.843. The summed E-state index contributed by atoms with van der Waals surface area (Å²) in [6.45, 7) is 22.5. The van der Waals surface area contributed by atoms with Gasteiger partial charge in [-0.15, -0.1) is 0 Å². The van der Waals surface area contributed by atoms with Crippen molar-refractivity contribution in [2.45, 2.75) is 86.5 Å². The van der Waals surface area contributed by atoms with Crippen molar-refractivity contribution in [3.63, 3.8) is 0 Å². The second-order valence-electron chi connectivity index (χ2n) is 10.6. The Morgan fingerprint density at radius 2 is 1.23 bits per heavy atom. The second-order valence-corrected chi connectivity index (χ2v) is 11.5.